The van der Waals surface area contributed by atoms with Crippen molar-refractivity contribution in [3.63, 3.8) is 0 Å². The predicted octanol–water partition coefficient (Wildman–Crippen LogP) is 7.09. The van der Waals surface area contributed by atoms with Gasteiger partial charge in [0.25, 0.3) is 0 Å². The van der Waals surface area contributed by atoms with Gasteiger partial charge in [-0.15, -0.1) is 0 Å². The van der Waals surface area contributed by atoms with Gasteiger partial charge in [-0.05, 0) is 65.0 Å². The van der Waals surface area contributed by atoms with E-state index in [4.69, 9.17) is 0 Å². The van der Waals surface area contributed by atoms with Gasteiger partial charge in [-0.25, -0.2) is 0 Å². The molecule has 3 rings (SSSR count). The van der Waals surface area contributed by atoms with Gasteiger partial charge in [0.2, 0.25) is 0 Å². The van der Waals surface area contributed by atoms with E-state index in [1.165, 1.54) is 52.6 Å². The van der Waals surface area contributed by atoms with E-state index >= 15 is 0 Å². The summed E-state index contributed by atoms with van der Waals surface area (Å²) in [6, 6.07) is 13.6. The van der Waals surface area contributed by atoms with E-state index in [1.54, 1.807) is 5.57 Å². The van der Waals surface area contributed by atoms with E-state index in [1.807, 2.05) is 0 Å². The molecule has 0 nitrogen and oxygen atoms in total. The van der Waals surface area contributed by atoms with Crippen LogP contribution < -0.4 is 0 Å². The Balaban J connectivity index is 2.20. The molecule has 126 valence electrons. The van der Waals surface area contributed by atoms with Gasteiger partial charge < -0.3 is 0 Å². The third-order valence-corrected chi connectivity index (χ3v) is 5.18. The van der Waals surface area contributed by atoms with Gasteiger partial charge in [-0.2, -0.15) is 0 Å². The molecule has 0 atom stereocenters. The van der Waals surface area contributed by atoms with Crippen molar-refractivity contribution in [3.05, 3.63) is 64.2 Å². The van der Waals surface area contributed by atoms with Gasteiger partial charge >= 0.3 is 0 Å². The molecule has 0 amide bonds. The lowest BCUT2D eigenvalue weighted by Crippen LogP contribution is -2.14. The maximum atomic E-state index is 2.49. The molecule has 1 aliphatic rings. The van der Waals surface area contributed by atoms with E-state index in [0.717, 1.165) is 6.42 Å². The number of allylic oxidation sites excluding steroid dienone is 1. The molecule has 0 aliphatic heterocycles. The van der Waals surface area contributed by atoms with Crippen LogP contribution in [-0.4, -0.2) is 0 Å². The topological polar surface area (TPSA) is 0 Å². The fourth-order valence-electron chi connectivity index (χ4n) is 3.81. The zero-order valence-electron chi connectivity index (χ0n) is 15.9. The zero-order chi connectivity index (χ0) is 17.3. The number of rotatable bonds is 4. The van der Waals surface area contributed by atoms with Crippen LogP contribution in [-0.2, 0) is 11.8 Å². The number of hydrogen-bond donors (Lipinski definition) is 0. The summed E-state index contributed by atoms with van der Waals surface area (Å²) in [7, 11) is 0. The standard InChI is InChI=1S/C24H30/c1-6-7-11-18-15-19-13-14-22(24(3,4)5)23(21(19)16-18)20-12-9-8-10-17(20)2/h8-10,12-14,16H,6-7,11,15H2,1-5H3. The van der Waals surface area contributed by atoms with Gasteiger partial charge in [0.15, 0.2) is 0 Å². The number of unbranched alkanes of at least 4 members (excludes halogenated alkanes) is 1. The summed E-state index contributed by atoms with van der Waals surface area (Å²) >= 11 is 0. The van der Waals surface area contributed by atoms with Crippen LogP contribution in [0.5, 0.6) is 0 Å². The van der Waals surface area contributed by atoms with E-state index < -0.39 is 0 Å². The molecule has 24 heavy (non-hydrogen) atoms. The number of hydrogen-bond acceptors (Lipinski definition) is 0. The first-order valence-electron chi connectivity index (χ1n) is 9.33. The van der Waals surface area contributed by atoms with E-state index in [0.29, 0.717) is 0 Å². The Kier molecular flexibility index (Phi) is 4.67. The van der Waals surface area contributed by atoms with E-state index in [9.17, 15) is 0 Å². The molecule has 0 saturated carbocycles. The molecule has 0 spiro atoms. The first-order valence-corrected chi connectivity index (χ1v) is 9.33. The summed E-state index contributed by atoms with van der Waals surface area (Å²) in [6.45, 7) is 11.5. The second-order valence-corrected chi connectivity index (χ2v) is 8.21. The Bertz CT molecular complexity index is 769. The van der Waals surface area contributed by atoms with E-state index in [-0.39, 0.29) is 5.41 Å². The summed E-state index contributed by atoms with van der Waals surface area (Å²) in [5.41, 5.74) is 10.4. The summed E-state index contributed by atoms with van der Waals surface area (Å²) in [4.78, 5) is 0. The van der Waals surface area contributed by atoms with Crippen LogP contribution in [0.3, 0.4) is 0 Å². The molecule has 2 aromatic rings. The second-order valence-electron chi connectivity index (χ2n) is 8.21. The average molecular weight is 319 g/mol. The molecule has 0 aromatic heterocycles. The fraction of sp³-hybridized carbons (Fsp3) is 0.417. The summed E-state index contributed by atoms with van der Waals surface area (Å²) in [6.07, 6.45) is 7.43. The van der Waals surface area contributed by atoms with Gasteiger partial charge in [-0.1, -0.05) is 82.2 Å². The Hall–Kier alpha value is -1.82. The highest BCUT2D eigenvalue weighted by Crippen LogP contribution is 2.42. The molecule has 0 heteroatoms. The zero-order valence-corrected chi connectivity index (χ0v) is 15.9. The third-order valence-electron chi connectivity index (χ3n) is 5.18. The van der Waals surface area contributed by atoms with Crippen molar-refractivity contribution in [2.45, 2.75) is 65.7 Å². The molecule has 1 aliphatic carbocycles. The summed E-state index contributed by atoms with van der Waals surface area (Å²) in [5.74, 6) is 0. The molecule has 0 bridgehead atoms. The van der Waals surface area contributed by atoms with Crippen molar-refractivity contribution in [3.8, 4) is 11.1 Å². The SMILES string of the molecule is CCCCC1=Cc2c(ccc(C(C)(C)C)c2-c2ccccc2C)C1. The monoisotopic (exact) mass is 318 g/mol. The molecule has 0 fully saturated rings. The molecular weight excluding hydrogens is 288 g/mol. The molecule has 0 saturated heterocycles. The Morgan fingerprint density at radius 3 is 2.42 bits per heavy atom. The van der Waals surface area contributed by atoms with Crippen molar-refractivity contribution >= 4 is 6.08 Å². The van der Waals surface area contributed by atoms with Crippen LogP contribution in [0.1, 0.15) is 69.2 Å². The first-order chi connectivity index (χ1) is 11.4. The predicted molar refractivity (Wildman–Crippen MR) is 107 cm³/mol. The Morgan fingerprint density at radius 2 is 1.75 bits per heavy atom. The van der Waals surface area contributed by atoms with Crippen molar-refractivity contribution in [2.75, 3.05) is 0 Å². The molecule has 0 N–H and O–H groups in total. The average Bonchev–Trinajstić information content (AvgIpc) is 2.94. The lowest BCUT2D eigenvalue weighted by Gasteiger charge is -2.26. The minimum Gasteiger partial charge on any atom is -0.0654 e. The highest BCUT2D eigenvalue weighted by atomic mass is 14.3. The van der Waals surface area contributed by atoms with Crippen LogP contribution in [0.15, 0.2) is 42.0 Å². The molecule has 0 radical (unpaired) electrons. The minimum absolute atomic E-state index is 0.145. The number of fused-ring (bicyclic) bond motifs is 1. The van der Waals surface area contributed by atoms with E-state index in [2.05, 4.69) is 77.1 Å². The molecule has 0 heterocycles. The highest BCUT2D eigenvalue weighted by Gasteiger charge is 2.25. The Labute approximate surface area is 147 Å². The van der Waals surface area contributed by atoms with Crippen molar-refractivity contribution in [1.29, 1.82) is 0 Å². The van der Waals surface area contributed by atoms with Crippen LogP contribution in [0.25, 0.3) is 17.2 Å². The first kappa shape index (κ1) is 17.0. The fourth-order valence-corrected chi connectivity index (χ4v) is 3.81. The second kappa shape index (κ2) is 6.59. The number of aryl methyl sites for hydroxylation is 1. The van der Waals surface area contributed by atoms with Crippen molar-refractivity contribution < 1.29 is 0 Å². The largest absolute Gasteiger partial charge is 0.0654 e. The lowest BCUT2D eigenvalue weighted by atomic mass is 9.78. The van der Waals surface area contributed by atoms with Gasteiger partial charge in [0.05, 0.1) is 0 Å². The van der Waals surface area contributed by atoms with Crippen molar-refractivity contribution in [2.24, 2.45) is 0 Å². The molecule has 0 unspecified atom stereocenters. The Morgan fingerprint density at radius 1 is 1.00 bits per heavy atom. The van der Waals surface area contributed by atoms with Gasteiger partial charge in [-0.3, -0.25) is 0 Å². The smallest absolute Gasteiger partial charge is 0.00576 e. The van der Waals surface area contributed by atoms with Crippen LogP contribution >= 0.6 is 0 Å². The maximum absolute atomic E-state index is 2.49. The van der Waals surface area contributed by atoms with Crippen LogP contribution in [0.2, 0.25) is 0 Å². The third kappa shape index (κ3) is 3.20. The normalized spacial score (nSPS) is 13.8. The van der Waals surface area contributed by atoms with Crippen LogP contribution in [0.4, 0.5) is 0 Å². The maximum Gasteiger partial charge on any atom is -0.00576 e. The molecule has 2 aromatic carbocycles. The van der Waals surface area contributed by atoms with Gasteiger partial charge in [0.1, 0.15) is 0 Å². The summed E-state index contributed by atoms with van der Waals surface area (Å²) in [5, 5.41) is 0. The van der Waals surface area contributed by atoms with Gasteiger partial charge in [0, 0.05) is 0 Å². The summed E-state index contributed by atoms with van der Waals surface area (Å²) < 4.78 is 0. The quantitative estimate of drug-likeness (QED) is 0.564. The lowest BCUT2D eigenvalue weighted by molar-refractivity contribution is 0.591. The van der Waals surface area contributed by atoms with Crippen LogP contribution in [0, 0.1) is 6.92 Å². The van der Waals surface area contributed by atoms with Crippen molar-refractivity contribution in [1.82, 2.24) is 0 Å². The highest BCUT2D eigenvalue weighted by molar-refractivity contribution is 5.85. The molecular formula is C24H30. The minimum atomic E-state index is 0.145. The number of benzene rings is 2.